The van der Waals surface area contributed by atoms with Crippen molar-refractivity contribution < 1.29 is 22.7 Å². The van der Waals surface area contributed by atoms with Crippen LogP contribution in [0.25, 0.3) is 22.4 Å². The average Bonchev–Trinajstić information content (AvgIpc) is 3.30. The van der Waals surface area contributed by atoms with E-state index in [0.717, 1.165) is 23.2 Å². The predicted molar refractivity (Wildman–Crippen MR) is 156 cm³/mol. The van der Waals surface area contributed by atoms with Crippen molar-refractivity contribution in [3.8, 4) is 28.1 Å². The second-order valence-electron chi connectivity index (χ2n) is 11.1. The smallest absolute Gasteiger partial charge is 0.422 e. The molecule has 1 aliphatic carbocycles. The highest BCUT2D eigenvalue weighted by Crippen LogP contribution is 2.41. The number of nitrogens with two attached hydrogens (primary N) is 1. The molecule has 0 saturated heterocycles. The first kappa shape index (κ1) is 29.8. The Kier molecular flexibility index (Phi) is 8.83. The molecule has 1 aliphatic rings. The van der Waals surface area contributed by atoms with Gasteiger partial charge in [0, 0.05) is 22.9 Å². The Morgan fingerprint density at radius 3 is 2.27 bits per heavy atom. The van der Waals surface area contributed by atoms with Crippen LogP contribution in [0.3, 0.4) is 0 Å². The second kappa shape index (κ2) is 12.1. The first-order valence-corrected chi connectivity index (χ1v) is 13.3. The molecule has 41 heavy (non-hydrogen) atoms. The number of nitrogens with one attached hydrogen (secondary N) is 1. The fourth-order valence-corrected chi connectivity index (χ4v) is 4.50. The van der Waals surface area contributed by atoms with Gasteiger partial charge in [-0.15, -0.1) is 0 Å². The fourth-order valence-electron chi connectivity index (χ4n) is 4.50. The van der Waals surface area contributed by atoms with Crippen LogP contribution in [0.5, 0.6) is 5.75 Å². The summed E-state index contributed by atoms with van der Waals surface area (Å²) in [5.41, 5.74) is 13.2. The minimum atomic E-state index is -4.40. The molecule has 4 aromatic rings. The van der Waals surface area contributed by atoms with E-state index in [1.807, 2.05) is 52.0 Å². The lowest BCUT2D eigenvalue weighted by molar-refractivity contribution is -0.153. The highest BCUT2D eigenvalue weighted by atomic mass is 19.4. The van der Waals surface area contributed by atoms with E-state index in [9.17, 15) is 18.0 Å². The van der Waals surface area contributed by atoms with Gasteiger partial charge in [0.05, 0.1) is 11.7 Å². The Morgan fingerprint density at radius 2 is 1.59 bits per heavy atom. The van der Waals surface area contributed by atoms with Crippen LogP contribution < -0.4 is 15.8 Å². The molecule has 1 heterocycles. The number of aromatic nitrogens is 1. The number of fused-ring (bicyclic) bond motifs is 3. The maximum atomic E-state index is 13.0. The maximum Gasteiger partial charge on any atom is 0.422 e. The molecule has 1 amide bonds. The van der Waals surface area contributed by atoms with Gasteiger partial charge >= 0.3 is 6.18 Å². The van der Waals surface area contributed by atoms with Gasteiger partial charge < -0.3 is 15.8 Å². The lowest BCUT2D eigenvalue weighted by Crippen LogP contribution is -2.26. The van der Waals surface area contributed by atoms with Gasteiger partial charge in [0.1, 0.15) is 5.75 Å². The number of halogens is 3. The first-order chi connectivity index (χ1) is 19.3. The van der Waals surface area contributed by atoms with Crippen LogP contribution in [0.4, 0.5) is 13.2 Å². The number of rotatable bonds is 6. The molecule has 5 nitrogen and oxygen atoms in total. The number of benzene rings is 3. The molecule has 1 aromatic heterocycles. The van der Waals surface area contributed by atoms with Crippen molar-refractivity contribution in [1.29, 1.82) is 0 Å². The van der Waals surface area contributed by atoms with E-state index in [1.54, 1.807) is 30.5 Å². The SMILES string of the molecule is CC(C)(C)N.CC(NC(=O)c1ccnc(-c2cccc3c2Cc2ccccc2-3)c1)c1ccc(OCC(F)(F)F)cc1. The minimum Gasteiger partial charge on any atom is -0.484 e. The van der Waals surface area contributed by atoms with Crippen molar-refractivity contribution in [2.75, 3.05) is 6.61 Å². The Hall–Kier alpha value is -4.17. The summed E-state index contributed by atoms with van der Waals surface area (Å²) in [7, 11) is 0. The molecule has 214 valence electrons. The van der Waals surface area contributed by atoms with Gasteiger partial charge in [-0.05, 0) is 86.2 Å². The van der Waals surface area contributed by atoms with Gasteiger partial charge in [0.15, 0.2) is 6.61 Å². The zero-order valence-corrected chi connectivity index (χ0v) is 23.5. The van der Waals surface area contributed by atoms with Crippen molar-refractivity contribution in [2.45, 2.75) is 51.9 Å². The maximum absolute atomic E-state index is 13.0. The molecule has 0 spiro atoms. The molecule has 3 N–H and O–H groups in total. The summed E-state index contributed by atoms with van der Waals surface area (Å²) < 4.78 is 41.8. The van der Waals surface area contributed by atoms with Crippen molar-refractivity contribution in [2.24, 2.45) is 5.73 Å². The van der Waals surface area contributed by atoms with Crippen LogP contribution in [0.1, 0.15) is 60.8 Å². The van der Waals surface area contributed by atoms with Crippen LogP contribution in [0, 0.1) is 0 Å². The van der Waals surface area contributed by atoms with Gasteiger partial charge in [-0.3, -0.25) is 9.78 Å². The Balaban J connectivity index is 0.000000714. The van der Waals surface area contributed by atoms with Gasteiger partial charge in [-0.2, -0.15) is 13.2 Å². The standard InChI is InChI=1S/C29H23F3N2O2.C4H11N/c1-18(19-9-11-22(12-10-19)36-17-29(30,31)32)34-28(35)21-13-14-33-27(16-21)25-8-4-7-24-23-6-3-2-5-20(23)15-26(24)25;1-4(2,3)5/h2-14,16,18H,15,17H2,1H3,(H,34,35);5H2,1-3H3. The highest BCUT2D eigenvalue weighted by Gasteiger charge is 2.28. The largest absolute Gasteiger partial charge is 0.484 e. The molecule has 0 aliphatic heterocycles. The summed E-state index contributed by atoms with van der Waals surface area (Å²) in [6.07, 6.45) is -1.95. The summed E-state index contributed by atoms with van der Waals surface area (Å²) >= 11 is 0. The van der Waals surface area contributed by atoms with Gasteiger partial charge in [0.25, 0.3) is 5.91 Å². The summed E-state index contributed by atoms with van der Waals surface area (Å²) in [6, 6.07) is 23.8. The van der Waals surface area contributed by atoms with E-state index >= 15 is 0 Å². The molecule has 3 aromatic carbocycles. The van der Waals surface area contributed by atoms with Crippen molar-refractivity contribution in [3.63, 3.8) is 0 Å². The lowest BCUT2D eigenvalue weighted by atomic mass is 9.98. The fraction of sp³-hybridized carbons (Fsp3) is 0.273. The summed E-state index contributed by atoms with van der Waals surface area (Å²) in [5, 5.41) is 2.95. The summed E-state index contributed by atoms with van der Waals surface area (Å²) in [4.78, 5) is 17.6. The molecule has 0 fully saturated rings. The highest BCUT2D eigenvalue weighted by molar-refractivity contribution is 5.95. The Bertz CT molecular complexity index is 1500. The van der Waals surface area contributed by atoms with Gasteiger partial charge in [-0.25, -0.2) is 0 Å². The molecule has 1 atom stereocenters. The Labute approximate surface area is 238 Å². The zero-order chi connectivity index (χ0) is 29.8. The van der Waals surface area contributed by atoms with E-state index in [4.69, 9.17) is 10.5 Å². The number of amides is 1. The molecule has 1 unspecified atom stereocenters. The molecular weight excluding hydrogens is 527 g/mol. The number of hydrogen-bond donors (Lipinski definition) is 2. The van der Waals surface area contributed by atoms with E-state index in [1.165, 1.54) is 34.4 Å². The summed E-state index contributed by atoms with van der Waals surface area (Å²) in [6.45, 7) is 6.36. The predicted octanol–water partition coefficient (Wildman–Crippen LogP) is 7.50. The number of hydrogen-bond acceptors (Lipinski definition) is 4. The molecule has 0 saturated carbocycles. The quantitative estimate of drug-likeness (QED) is 0.225. The van der Waals surface area contributed by atoms with E-state index < -0.39 is 12.8 Å². The molecule has 0 bridgehead atoms. The van der Waals surface area contributed by atoms with Crippen LogP contribution in [0.15, 0.2) is 85.1 Å². The minimum absolute atomic E-state index is 0. The molecule has 8 heteroatoms. The van der Waals surface area contributed by atoms with Crippen LogP contribution in [-0.2, 0) is 6.42 Å². The molecule has 5 rings (SSSR count). The second-order valence-corrected chi connectivity index (χ2v) is 11.1. The number of alkyl halides is 3. The van der Waals surface area contributed by atoms with Crippen molar-refractivity contribution in [3.05, 3.63) is 107 Å². The molecular formula is C33H34F3N3O2. The monoisotopic (exact) mass is 561 g/mol. The normalized spacial score (nSPS) is 12.9. The van der Waals surface area contributed by atoms with Crippen molar-refractivity contribution >= 4 is 5.91 Å². The average molecular weight is 562 g/mol. The van der Waals surface area contributed by atoms with Crippen LogP contribution in [-0.4, -0.2) is 29.2 Å². The summed E-state index contributed by atoms with van der Waals surface area (Å²) in [5.74, 6) is -0.148. The number of pyridine rings is 1. The Morgan fingerprint density at radius 1 is 0.951 bits per heavy atom. The lowest BCUT2D eigenvalue weighted by Gasteiger charge is -2.16. The number of ether oxygens (including phenoxy) is 1. The number of carbonyl (C=O) groups is 1. The van der Waals surface area contributed by atoms with E-state index in [0.29, 0.717) is 5.56 Å². The number of carbonyl (C=O) groups excluding carboxylic acids is 1. The van der Waals surface area contributed by atoms with Gasteiger partial charge in [-0.1, -0.05) is 54.6 Å². The van der Waals surface area contributed by atoms with E-state index in [-0.39, 0.29) is 23.2 Å². The van der Waals surface area contributed by atoms with Gasteiger partial charge in [0.2, 0.25) is 0 Å². The van der Waals surface area contributed by atoms with E-state index in [2.05, 4.69) is 28.5 Å². The van der Waals surface area contributed by atoms with Crippen LogP contribution >= 0.6 is 0 Å². The van der Waals surface area contributed by atoms with Crippen molar-refractivity contribution in [1.82, 2.24) is 10.3 Å². The third-order valence-corrected chi connectivity index (χ3v) is 6.28. The molecule has 0 radical (unpaired) electrons. The number of nitrogens with zero attached hydrogens (tertiary/aromatic N) is 1. The van der Waals surface area contributed by atoms with Crippen LogP contribution in [0.2, 0.25) is 0 Å². The topological polar surface area (TPSA) is 77.2 Å². The third-order valence-electron chi connectivity index (χ3n) is 6.28. The third kappa shape index (κ3) is 8.17. The first-order valence-electron chi connectivity index (χ1n) is 13.3. The zero-order valence-electron chi connectivity index (χ0n) is 23.5.